The van der Waals surface area contributed by atoms with Crippen molar-refractivity contribution in [3.8, 4) is 0 Å². The van der Waals surface area contributed by atoms with E-state index in [9.17, 15) is 4.79 Å². The molecule has 1 saturated carbocycles. The summed E-state index contributed by atoms with van der Waals surface area (Å²) in [6, 6.07) is 0. The van der Waals surface area contributed by atoms with Crippen molar-refractivity contribution < 1.29 is 14.3 Å². The highest BCUT2D eigenvalue weighted by Gasteiger charge is 2.59. The van der Waals surface area contributed by atoms with Crippen molar-refractivity contribution in [3.63, 3.8) is 0 Å². The number of carbonyl (C=O) groups is 1. The Kier molecular flexibility index (Phi) is 2.43. The molecule has 0 radical (unpaired) electrons. The molecule has 0 spiro atoms. The first-order valence-corrected chi connectivity index (χ1v) is 5.66. The van der Waals surface area contributed by atoms with E-state index >= 15 is 0 Å². The smallest absolute Gasteiger partial charge is 0.169 e. The lowest BCUT2D eigenvalue weighted by molar-refractivity contribution is -0.249. The van der Waals surface area contributed by atoms with E-state index in [1.807, 2.05) is 6.92 Å². The molecule has 3 heteroatoms. The molecule has 3 nitrogen and oxygen atoms in total. The van der Waals surface area contributed by atoms with Crippen LogP contribution in [0.4, 0.5) is 0 Å². The van der Waals surface area contributed by atoms with Crippen LogP contribution in [0.2, 0.25) is 0 Å². The molecule has 0 unspecified atom stereocenters. The van der Waals surface area contributed by atoms with Crippen molar-refractivity contribution in [2.45, 2.75) is 39.9 Å². The first-order chi connectivity index (χ1) is 6.88. The minimum Gasteiger partial charge on any atom is -0.348 e. The number of carbonyl (C=O) groups excluding carboxylic acids is 1. The van der Waals surface area contributed by atoms with Gasteiger partial charge in [0.2, 0.25) is 0 Å². The number of Topliss-reactive ketones (excluding diaryl/α,β-unsaturated/α-hetero) is 1. The summed E-state index contributed by atoms with van der Waals surface area (Å²) >= 11 is 0. The molecule has 0 N–H and O–H groups in total. The Labute approximate surface area is 91.1 Å². The first kappa shape index (κ1) is 11.1. The predicted octanol–water partition coefficient (Wildman–Crippen LogP) is 2.00. The third-order valence-electron chi connectivity index (χ3n) is 4.25. The number of hydrogen-bond donors (Lipinski definition) is 0. The summed E-state index contributed by atoms with van der Waals surface area (Å²) in [5, 5.41) is 0. The quantitative estimate of drug-likeness (QED) is 0.702. The van der Waals surface area contributed by atoms with Crippen LogP contribution in [0.15, 0.2) is 0 Å². The average molecular weight is 212 g/mol. The molecular weight excluding hydrogens is 192 g/mol. The van der Waals surface area contributed by atoms with Crippen LogP contribution in [0, 0.1) is 17.3 Å². The van der Waals surface area contributed by atoms with Gasteiger partial charge in [-0.1, -0.05) is 13.8 Å². The van der Waals surface area contributed by atoms with Crippen molar-refractivity contribution in [1.82, 2.24) is 0 Å². The van der Waals surface area contributed by atoms with Gasteiger partial charge in [-0.15, -0.1) is 0 Å². The second-order valence-corrected chi connectivity index (χ2v) is 5.49. The van der Waals surface area contributed by atoms with E-state index < -0.39 is 5.79 Å². The van der Waals surface area contributed by atoms with E-state index in [-0.39, 0.29) is 17.1 Å². The van der Waals surface area contributed by atoms with Gasteiger partial charge >= 0.3 is 0 Å². The molecule has 0 bridgehead atoms. The fourth-order valence-electron chi connectivity index (χ4n) is 3.24. The fourth-order valence-corrected chi connectivity index (χ4v) is 3.24. The van der Waals surface area contributed by atoms with Gasteiger partial charge < -0.3 is 9.47 Å². The number of hydrogen-bond acceptors (Lipinski definition) is 3. The van der Waals surface area contributed by atoms with Crippen molar-refractivity contribution in [3.05, 3.63) is 0 Å². The zero-order valence-corrected chi connectivity index (χ0v) is 10.0. The molecule has 0 aromatic heterocycles. The van der Waals surface area contributed by atoms with E-state index in [2.05, 4.69) is 13.8 Å². The molecule has 2 fully saturated rings. The maximum absolute atomic E-state index is 11.4. The highest BCUT2D eigenvalue weighted by Crippen LogP contribution is 2.57. The lowest BCUT2D eigenvalue weighted by Gasteiger charge is -2.56. The van der Waals surface area contributed by atoms with Gasteiger partial charge in [0.05, 0.1) is 13.2 Å². The second kappa shape index (κ2) is 3.29. The molecule has 0 aromatic carbocycles. The predicted molar refractivity (Wildman–Crippen MR) is 56.4 cm³/mol. The van der Waals surface area contributed by atoms with E-state index in [1.54, 1.807) is 6.92 Å². The van der Waals surface area contributed by atoms with E-state index in [0.717, 1.165) is 6.42 Å². The largest absolute Gasteiger partial charge is 0.348 e. The van der Waals surface area contributed by atoms with Gasteiger partial charge in [0.25, 0.3) is 0 Å². The highest BCUT2D eigenvalue weighted by molar-refractivity contribution is 5.80. The monoisotopic (exact) mass is 212 g/mol. The van der Waals surface area contributed by atoms with Crippen LogP contribution in [-0.4, -0.2) is 24.8 Å². The fraction of sp³-hybridized carbons (Fsp3) is 0.917. The zero-order chi connectivity index (χ0) is 11.3. The molecule has 86 valence electrons. The van der Waals surface area contributed by atoms with Crippen LogP contribution in [0.25, 0.3) is 0 Å². The Hall–Kier alpha value is -0.410. The molecule has 2 aliphatic rings. The van der Waals surface area contributed by atoms with Crippen molar-refractivity contribution in [2.24, 2.45) is 17.3 Å². The van der Waals surface area contributed by atoms with Crippen molar-refractivity contribution >= 4 is 5.78 Å². The van der Waals surface area contributed by atoms with Crippen LogP contribution in [0.1, 0.15) is 34.1 Å². The van der Waals surface area contributed by atoms with E-state index in [4.69, 9.17) is 9.47 Å². The molecule has 0 aromatic rings. The van der Waals surface area contributed by atoms with Gasteiger partial charge in [0.15, 0.2) is 5.79 Å². The molecule has 0 amide bonds. The molecule has 15 heavy (non-hydrogen) atoms. The van der Waals surface area contributed by atoms with Crippen LogP contribution in [0.3, 0.4) is 0 Å². The summed E-state index contributed by atoms with van der Waals surface area (Å²) < 4.78 is 11.3. The van der Waals surface area contributed by atoms with Crippen molar-refractivity contribution in [1.29, 1.82) is 0 Å². The van der Waals surface area contributed by atoms with Gasteiger partial charge in [0, 0.05) is 11.8 Å². The third kappa shape index (κ3) is 1.53. The maximum Gasteiger partial charge on any atom is 0.169 e. The van der Waals surface area contributed by atoms with Crippen molar-refractivity contribution in [2.75, 3.05) is 13.2 Å². The molecule has 2 atom stereocenters. The summed E-state index contributed by atoms with van der Waals surface area (Å²) in [6.45, 7) is 9.32. The van der Waals surface area contributed by atoms with E-state index in [0.29, 0.717) is 19.1 Å². The lowest BCUT2D eigenvalue weighted by atomic mass is 9.51. The number of ether oxygens (including phenoxy) is 2. The molecular formula is C12H20O3. The summed E-state index contributed by atoms with van der Waals surface area (Å²) in [5.74, 6) is 0.335. The Morgan fingerprint density at radius 1 is 1.20 bits per heavy atom. The maximum atomic E-state index is 11.4. The summed E-state index contributed by atoms with van der Waals surface area (Å²) in [5.41, 5.74) is 0.00488. The lowest BCUT2D eigenvalue weighted by Crippen LogP contribution is -2.58. The molecule has 1 aliphatic heterocycles. The molecule has 1 aliphatic carbocycles. The van der Waals surface area contributed by atoms with Crippen LogP contribution in [0.5, 0.6) is 0 Å². The van der Waals surface area contributed by atoms with Crippen LogP contribution >= 0.6 is 0 Å². The molecule has 2 rings (SSSR count). The first-order valence-electron chi connectivity index (χ1n) is 5.66. The molecule has 1 saturated heterocycles. The summed E-state index contributed by atoms with van der Waals surface area (Å²) in [7, 11) is 0. The van der Waals surface area contributed by atoms with Gasteiger partial charge in [-0.05, 0) is 25.7 Å². The third-order valence-corrected chi connectivity index (χ3v) is 4.25. The number of ketones is 1. The van der Waals surface area contributed by atoms with Crippen LogP contribution in [-0.2, 0) is 14.3 Å². The minimum absolute atomic E-state index is 0.00488. The minimum atomic E-state index is -0.463. The highest BCUT2D eigenvalue weighted by atomic mass is 16.7. The number of rotatable bonds is 2. The SMILES string of the molecule is CC(=O)[C@@H]1C[C@H](C2(C)OCCO2)C1(C)C. The van der Waals surface area contributed by atoms with Gasteiger partial charge in [-0.25, -0.2) is 0 Å². The standard InChI is InChI=1S/C12H20O3/c1-8(13)9-7-10(11(9,2)3)12(4)14-5-6-15-12/h9-10H,5-7H2,1-4H3/t9-,10-/m0/s1. The van der Waals surface area contributed by atoms with E-state index in [1.165, 1.54) is 0 Å². The normalized spacial score (nSPS) is 37.3. The second-order valence-electron chi connectivity index (χ2n) is 5.49. The average Bonchev–Trinajstić information content (AvgIpc) is 2.50. The summed E-state index contributed by atoms with van der Waals surface area (Å²) in [4.78, 5) is 11.4. The van der Waals surface area contributed by atoms with Gasteiger partial charge in [-0.3, -0.25) is 4.79 Å². The molecule has 1 heterocycles. The zero-order valence-electron chi connectivity index (χ0n) is 10.0. The summed E-state index contributed by atoms with van der Waals surface area (Å²) in [6.07, 6.45) is 0.902. The Morgan fingerprint density at radius 2 is 1.73 bits per heavy atom. The van der Waals surface area contributed by atoms with Gasteiger partial charge in [-0.2, -0.15) is 0 Å². The van der Waals surface area contributed by atoms with Crippen LogP contribution < -0.4 is 0 Å². The topological polar surface area (TPSA) is 35.5 Å². The Bertz CT molecular complexity index is 277. The van der Waals surface area contributed by atoms with Gasteiger partial charge in [0.1, 0.15) is 5.78 Å². The Balaban J connectivity index is 2.12. The Morgan fingerprint density at radius 3 is 2.13 bits per heavy atom.